The van der Waals surface area contributed by atoms with Gasteiger partial charge in [0.2, 0.25) is 0 Å². The summed E-state index contributed by atoms with van der Waals surface area (Å²) in [5.74, 6) is 0. The van der Waals surface area contributed by atoms with E-state index in [4.69, 9.17) is 16.0 Å². The van der Waals surface area contributed by atoms with Crippen molar-refractivity contribution in [1.82, 2.24) is 0 Å². The minimum Gasteiger partial charge on any atom is -0.463 e. The predicted octanol–water partition coefficient (Wildman–Crippen LogP) is 4.93. The van der Waals surface area contributed by atoms with Crippen molar-refractivity contribution < 1.29 is 4.42 Å². The lowest BCUT2D eigenvalue weighted by Gasteiger charge is -2.00. The molecule has 0 amide bonds. The molecule has 0 bridgehead atoms. The van der Waals surface area contributed by atoms with Crippen molar-refractivity contribution in [3.8, 4) is 0 Å². The molecular formula is C18H13ClO2. The van der Waals surface area contributed by atoms with Crippen molar-refractivity contribution in [3.05, 3.63) is 80.7 Å². The van der Waals surface area contributed by atoms with Gasteiger partial charge in [-0.25, -0.2) is 0 Å². The van der Waals surface area contributed by atoms with Crippen LogP contribution in [0.4, 0.5) is 0 Å². The van der Waals surface area contributed by atoms with E-state index in [1.54, 1.807) is 6.08 Å². The largest absolute Gasteiger partial charge is 0.463 e. The van der Waals surface area contributed by atoms with Crippen molar-refractivity contribution in [3.63, 3.8) is 0 Å². The van der Waals surface area contributed by atoms with Crippen LogP contribution in [-0.4, -0.2) is 0 Å². The van der Waals surface area contributed by atoms with Gasteiger partial charge in [0, 0.05) is 5.02 Å². The Hall–Kier alpha value is -2.32. The minimum absolute atomic E-state index is 0.0230. The van der Waals surface area contributed by atoms with Crippen LogP contribution in [0.1, 0.15) is 16.7 Å². The maximum atomic E-state index is 12.4. The smallest absolute Gasteiger partial charge is 0.199 e. The van der Waals surface area contributed by atoms with Gasteiger partial charge in [0.1, 0.15) is 11.8 Å². The summed E-state index contributed by atoms with van der Waals surface area (Å²) in [6.07, 6.45) is 5.12. The fourth-order valence-corrected chi connectivity index (χ4v) is 2.26. The van der Waals surface area contributed by atoms with Crippen molar-refractivity contribution >= 4 is 34.7 Å². The lowest BCUT2D eigenvalue weighted by molar-refractivity contribution is 0.601. The van der Waals surface area contributed by atoms with Gasteiger partial charge in [-0.2, -0.15) is 0 Å². The van der Waals surface area contributed by atoms with Gasteiger partial charge in [0.15, 0.2) is 5.43 Å². The fourth-order valence-electron chi connectivity index (χ4n) is 2.13. The molecule has 1 aromatic heterocycles. The summed E-state index contributed by atoms with van der Waals surface area (Å²) in [6.45, 7) is 1.95. The first-order valence-corrected chi connectivity index (χ1v) is 6.97. The minimum atomic E-state index is -0.0230. The zero-order valence-corrected chi connectivity index (χ0v) is 12.2. The van der Waals surface area contributed by atoms with Gasteiger partial charge in [-0.3, -0.25) is 4.79 Å². The number of hydrogen-bond donors (Lipinski definition) is 0. The van der Waals surface area contributed by atoms with Crippen molar-refractivity contribution in [2.45, 2.75) is 6.92 Å². The molecular weight excluding hydrogens is 284 g/mol. The molecule has 0 unspecified atom stereocenters. The lowest BCUT2D eigenvalue weighted by Crippen LogP contribution is -2.04. The Morgan fingerprint density at radius 2 is 1.81 bits per heavy atom. The zero-order chi connectivity index (χ0) is 14.8. The molecule has 0 aliphatic rings. The number of halogens is 1. The fraction of sp³-hybridized carbons (Fsp3) is 0.0556. The molecule has 1 heterocycles. The van der Waals surface area contributed by atoms with Crippen LogP contribution in [0.3, 0.4) is 0 Å². The average Bonchev–Trinajstić information content (AvgIpc) is 2.49. The summed E-state index contributed by atoms with van der Waals surface area (Å²) in [6, 6.07) is 13.0. The van der Waals surface area contributed by atoms with E-state index in [-0.39, 0.29) is 5.43 Å². The summed E-state index contributed by atoms with van der Waals surface area (Å²) >= 11 is 5.85. The number of aryl methyl sites for hydroxylation is 1. The standard InChI is InChI=1S/C18H13ClO2/c1-12-2-9-17-16(10-12)18(20)14(11-21-17)6-3-13-4-7-15(19)8-5-13/h2-11H,1H3. The van der Waals surface area contributed by atoms with Gasteiger partial charge < -0.3 is 4.42 Å². The molecule has 0 saturated heterocycles. The second kappa shape index (κ2) is 5.58. The predicted molar refractivity (Wildman–Crippen MR) is 87.6 cm³/mol. The Morgan fingerprint density at radius 1 is 1.05 bits per heavy atom. The third kappa shape index (κ3) is 2.91. The topological polar surface area (TPSA) is 30.2 Å². The van der Waals surface area contributed by atoms with Crippen LogP contribution in [0, 0.1) is 6.92 Å². The number of fused-ring (bicyclic) bond motifs is 1. The first kappa shape index (κ1) is 13.7. The van der Waals surface area contributed by atoms with Crippen molar-refractivity contribution in [1.29, 1.82) is 0 Å². The Morgan fingerprint density at radius 3 is 2.57 bits per heavy atom. The summed E-state index contributed by atoms with van der Waals surface area (Å²) in [4.78, 5) is 12.4. The first-order valence-electron chi connectivity index (χ1n) is 6.59. The van der Waals surface area contributed by atoms with Crippen LogP contribution in [0.15, 0.2) is 57.9 Å². The van der Waals surface area contributed by atoms with E-state index in [1.165, 1.54) is 6.26 Å². The normalized spacial score (nSPS) is 11.3. The lowest BCUT2D eigenvalue weighted by atomic mass is 10.1. The molecule has 3 rings (SSSR count). The number of hydrogen-bond acceptors (Lipinski definition) is 2. The maximum absolute atomic E-state index is 12.4. The van der Waals surface area contributed by atoms with E-state index < -0.39 is 0 Å². The van der Waals surface area contributed by atoms with Gasteiger partial charge >= 0.3 is 0 Å². The molecule has 2 nitrogen and oxygen atoms in total. The van der Waals surface area contributed by atoms with E-state index in [1.807, 2.05) is 55.5 Å². The molecule has 3 aromatic rings. The molecule has 0 aliphatic carbocycles. The molecule has 0 spiro atoms. The summed E-state index contributed by atoms with van der Waals surface area (Å²) in [5.41, 5.74) is 3.12. The first-order chi connectivity index (χ1) is 10.1. The van der Waals surface area contributed by atoms with Crippen LogP contribution in [-0.2, 0) is 0 Å². The Bertz CT molecular complexity index is 874. The Labute approximate surface area is 127 Å². The third-order valence-electron chi connectivity index (χ3n) is 3.28. The molecule has 0 saturated carbocycles. The second-order valence-electron chi connectivity index (χ2n) is 4.90. The van der Waals surface area contributed by atoms with E-state index in [0.29, 0.717) is 21.6 Å². The highest BCUT2D eigenvalue weighted by Gasteiger charge is 2.04. The zero-order valence-electron chi connectivity index (χ0n) is 11.5. The molecule has 2 aromatic carbocycles. The van der Waals surface area contributed by atoms with Crippen LogP contribution in [0.25, 0.3) is 23.1 Å². The molecule has 3 heteroatoms. The number of rotatable bonds is 2. The van der Waals surface area contributed by atoms with Gasteiger partial charge in [0.05, 0.1) is 10.9 Å². The van der Waals surface area contributed by atoms with Crippen LogP contribution in [0.5, 0.6) is 0 Å². The van der Waals surface area contributed by atoms with E-state index in [0.717, 1.165) is 11.1 Å². The van der Waals surface area contributed by atoms with Gasteiger partial charge in [-0.05, 0) is 42.8 Å². The highest BCUT2D eigenvalue weighted by Crippen LogP contribution is 2.15. The number of benzene rings is 2. The quantitative estimate of drug-likeness (QED) is 0.671. The summed E-state index contributed by atoms with van der Waals surface area (Å²) in [7, 11) is 0. The Balaban J connectivity index is 2.03. The molecule has 104 valence electrons. The third-order valence-corrected chi connectivity index (χ3v) is 3.53. The van der Waals surface area contributed by atoms with Gasteiger partial charge in [0.25, 0.3) is 0 Å². The van der Waals surface area contributed by atoms with E-state index in [9.17, 15) is 4.79 Å². The van der Waals surface area contributed by atoms with E-state index in [2.05, 4.69) is 0 Å². The molecule has 0 N–H and O–H groups in total. The summed E-state index contributed by atoms with van der Waals surface area (Å²) < 4.78 is 5.51. The monoisotopic (exact) mass is 296 g/mol. The van der Waals surface area contributed by atoms with Gasteiger partial charge in [-0.1, -0.05) is 41.4 Å². The second-order valence-corrected chi connectivity index (χ2v) is 5.34. The van der Waals surface area contributed by atoms with Crippen LogP contribution < -0.4 is 5.43 Å². The SMILES string of the molecule is Cc1ccc2occ(C=Cc3ccc(Cl)cc3)c(=O)c2c1. The highest BCUT2D eigenvalue weighted by molar-refractivity contribution is 6.30. The van der Waals surface area contributed by atoms with Crippen molar-refractivity contribution in [2.75, 3.05) is 0 Å². The van der Waals surface area contributed by atoms with Crippen LogP contribution >= 0.6 is 11.6 Å². The molecule has 0 fully saturated rings. The van der Waals surface area contributed by atoms with Crippen molar-refractivity contribution in [2.24, 2.45) is 0 Å². The maximum Gasteiger partial charge on any atom is 0.199 e. The molecule has 21 heavy (non-hydrogen) atoms. The molecule has 0 atom stereocenters. The van der Waals surface area contributed by atoms with Crippen LogP contribution in [0.2, 0.25) is 5.02 Å². The molecule has 0 aliphatic heterocycles. The summed E-state index contributed by atoms with van der Waals surface area (Å²) in [5, 5.41) is 1.29. The highest BCUT2D eigenvalue weighted by atomic mass is 35.5. The van der Waals surface area contributed by atoms with E-state index >= 15 is 0 Å². The average molecular weight is 297 g/mol. The molecule has 0 radical (unpaired) electrons. The van der Waals surface area contributed by atoms with Gasteiger partial charge in [-0.15, -0.1) is 0 Å². The Kier molecular flexibility index (Phi) is 3.63.